The van der Waals surface area contributed by atoms with Gasteiger partial charge in [-0.1, -0.05) is 155 Å². The lowest BCUT2D eigenvalue weighted by Gasteiger charge is -2.30. The van der Waals surface area contributed by atoms with Gasteiger partial charge in [0.2, 0.25) is 0 Å². The van der Waals surface area contributed by atoms with Gasteiger partial charge < -0.3 is 4.90 Å². The molecule has 0 aliphatic heterocycles. The van der Waals surface area contributed by atoms with Gasteiger partial charge in [-0.2, -0.15) is 0 Å². The van der Waals surface area contributed by atoms with E-state index in [1.54, 1.807) is 0 Å². The molecule has 0 spiro atoms. The molecule has 4 aliphatic carbocycles. The van der Waals surface area contributed by atoms with Crippen LogP contribution in [-0.4, -0.2) is 0 Å². The smallest absolute Gasteiger partial charge is 0.0468 e. The van der Waals surface area contributed by atoms with Gasteiger partial charge in [0.15, 0.2) is 0 Å². The van der Waals surface area contributed by atoms with Crippen molar-refractivity contribution in [3.8, 4) is 33.4 Å². The molecule has 1 nitrogen and oxygen atoms in total. The second-order valence-electron chi connectivity index (χ2n) is 18.3. The first-order chi connectivity index (χ1) is 28.0. The summed E-state index contributed by atoms with van der Waals surface area (Å²) >= 11 is 0. The molecule has 0 heterocycles. The standard InChI is InChI=1S/C56H53N/c1-56(2)54-36-47(30-31-50(54)52-19-11-18-51(55(52)56)49-17-10-9-16-48(49)40-14-7-4-8-15-40)57(45-27-25-41(26-28-45)53-33-37-20-21-43(53)32-37)46-29-24-39-22-23-42(34-44(39)35-46)38-12-5-3-6-13-38/h4,7-11,14-19,22-31,34-38,43,53H,3,5-6,12-13,20-21,32-33H2,1-2H3. The lowest BCUT2D eigenvalue weighted by Crippen LogP contribution is -2.18. The van der Waals surface area contributed by atoms with E-state index in [0.29, 0.717) is 5.92 Å². The van der Waals surface area contributed by atoms with Crippen LogP contribution in [-0.2, 0) is 5.41 Å². The molecule has 0 aromatic heterocycles. The van der Waals surface area contributed by atoms with E-state index in [0.717, 1.165) is 17.8 Å². The summed E-state index contributed by atoms with van der Waals surface area (Å²) in [6.07, 6.45) is 12.4. The van der Waals surface area contributed by atoms with E-state index in [-0.39, 0.29) is 5.41 Å². The Morgan fingerprint density at radius 3 is 1.91 bits per heavy atom. The Hall–Kier alpha value is -5.40. The summed E-state index contributed by atoms with van der Waals surface area (Å²) in [5.74, 6) is 3.23. The molecule has 282 valence electrons. The summed E-state index contributed by atoms with van der Waals surface area (Å²) in [5.41, 5.74) is 17.2. The molecule has 3 saturated carbocycles. The Morgan fingerprint density at radius 2 is 1.14 bits per heavy atom. The normalized spacial score (nSPS) is 20.8. The number of fused-ring (bicyclic) bond motifs is 6. The van der Waals surface area contributed by atoms with Crippen LogP contribution in [0.15, 0.2) is 152 Å². The van der Waals surface area contributed by atoms with Crippen LogP contribution in [0, 0.1) is 11.8 Å². The highest BCUT2D eigenvalue weighted by Gasteiger charge is 2.41. The summed E-state index contributed by atoms with van der Waals surface area (Å²) in [7, 11) is 0. The second kappa shape index (κ2) is 13.9. The molecule has 4 aliphatic rings. The van der Waals surface area contributed by atoms with Crippen LogP contribution in [0.1, 0.15) is 106 Å². The molecule has 3 atom stereocenters. The van der Waals surface area contributed by atoms with Crippen LogP contribution in [0.3, 0.4) is 0 Å². The van der Waals surface area contributed by atoms with Gasteiger partial charge in [0.1, 0.15) is 0 Å². The van der Waals surface area contributed by atoms with E-state index in [2.05, 4.69) is 170 Å². The second-order valence-corrected chi connectivity index (χ2v) is 18.3. The zero-order chi connectivity index (χ0) is 38.1. The predicted molar refractivity (Wildman–Crippen MR) is 241 cm³/mol. The summed E-state index contributed by atoms with van der Waals surface area (Å²) in [6, 6.07) is 58.2. The van der Waals surface area contributed by atoms with E-state index in [1.807, 2.05) is 0 Å². The van der Waals surface area contributed by atoms with Crippen molar-refractivity contribution in [2.75, 3.05) is 4.90 Å². The third-order valence-corrected chi connectivity index (χ3v) is 14.7. The molecule has 7 aromatic rings. The average molecular weight is 740 g/mol. The quantitative estimate of drug-likeness (QED) is 0.157. The maximum atomic E-state index is 2.53. The van der Waals surface area contributed by atoms with Gasteiger partial charge >= 0.3 is 0 Å². The van der Waals surface area contributed by atoms with E-state index in [9.17, 15) is 0 Å². The van der Waals surface area contributed by atoms with Crippen molar-refractivity contribution in [2.45, 2.75) is 88.9 Å². The van der Waals surface area contributed by atoms with Crippen molar-refractivity contribution >= 4 is 27.8 Å². The van der Waals surface area contributed by atoms with Gasteiger partial charge in [0.05, 0.1) is 0 Å². The van der Waals surface area contributed by atoms with Crippen molar-refractivity contribution < 1.29 is 0 Å². The number of rotatable bonds is 7. The summed E-state index contributed by atoms with van der Waals surface area (Å²) < 4.78 is 0. The van der Waals surface area contributed by atoms with Crippen LogP contribution in [0.2, 0.25) is 0 Å². The van der Waals surface area contributed by atoms with Crippen LogP contribution in [0.5, 0.6) is 0 Å². The molecule has 0 saturated heterocycles. The van der Waals surface area contributed by atoms with Gasteiger partial charge in [0, 0.05) is 22.5 Å². The highest BCUT2D eigenvalue weighted by atomic mass is 15.1. The molecule has 57 heavy (non-hydrogen) atoms. The maximum absolute atomic E-state index is 2.53. The van der Waals surface area contributed by atoms with Gasteiger partial charge in [0.25, 0.3) is 0 Å². The first-order valence-electron chi connectivity index (χ1n) is 21.9. The minimum absolute atomic E-state index is 0.198. The number of anilines is 3. The number of nitrogens with zero attached hydrogens (tertiary/aromatic N) is 1. The largest absolute Gasteiger partial charge is 0.310 e. The molecular formula is C56H53N. The topological polar surface area (TPSA) is 3.24 Å². The van der Waals surface area contributed by atoms with Gasteiger partial charge in [-0.05, 0) is 159 Å². The van der Waals surface area contributed by atoms with Crippen molar-refractivity contribution in [3.05, 3.63) is 174 Å². The summed E-state index contributed by atoms with van der Waals surface area (Å²) in [4.78, 5) is 2.53. The Labute approximate surface area is 339 Å². The van der Waals surface area contributed by atoms with E-state index in [4.69, 9.17) is 0 Å². The Bertz CT molecular complexity index is 2610. The molecule has 0 N–H and O–H groups in total. The molecule has 7 aromatic carbocycles. The molecule has 2 bridgehead atoms. The zero-order valence-corrected chi connectivity index (χ0v) is 33.6. The number of hydrogen-bond acceptors (Lipinski definition) is 1. The van der Waals surface area contributed by atoms with E-state index >= 15 is 0 Å². The monoisotopic (exact) mass is 739 g/mol. The SMILES string of the molecule is CC1(C)c2cc(N(c3ccc(C4CC5CCC4C5)cc3)c3ccc4ccc(C5CCCCC5)cc4c3)ccc2-c2cccc(-c3ccccc3-c3ccccc3)c21. The van der Waals surface area contributed by atoms with Crippen LogP contribution >= 0.6 is 0 Å². The fourth-order valence-corrected chi connectivity index (χ4v) is 11.9. The molecule has 0 amide bonds. The van der Waals surface area contributed by atoms with Crippen LogP contribution in [0.4, 0.5) is 17.1 Å². The molecular weight excluding hydrogens is 687 g/mol. The lowest BCUT2D eigenvalue weighted by molar-refractivity contribution is 0.420. The van der Waals surface area contributed by atoms with Crippen LogP contribution in [0.25, 0.3) is 44.2 Å². The lowest BCUT2D eigenvalue weighted by atomic mass is 9.78. The van der Waals surface area contributed by atoms with E-state index in [1.165, 1.54) is 141 Å². The molecule has 0 radical (unpaired) electrons. The van der Waals surface area contributed by atoms with E-state index < -0.39 is 0 Å². The molecule has 11 rings (SSSR count). The molecule has 3 fully saturated rings. The Balaban J connectivity index is 1.02. The van der Waals surface area contributed by atoms with Crippen molar-refractivity contribution in [1.29, 1.82) is 0 Å². The van der Waals surface area contributed by atoms with Crippen LogP contribution < -0.4 is 4.90 Å². The first-order valence-corrected chi connectivity index (χ1v) is 21.9. The average Bonchev–Trinajstić information content (AvgIpc) is 3.97. The summed E-state index contributed by atoms with van der Waals surface area (Å²) in [5, 5.41) is 2.66. The Morgan fingerprint density at radius 1 is 0.474 bits per heavy atom. The van der Waals surface area contributed by atoms with Crippen molar-refractivity contribution in [1.82, 2.24) is 0 Å². The zero-order valence-electron chi connectivity index (χ0n) is 33.6. The number of benzene rings is 7. The van der Waals surface area contributed by atoms with Gasteiger partial charge in [-0.3, -0.25) is 0 Å². The Kier molecular flexibility index (Phi) is 8.50. The highest BCUT2D eigenvalue weighted by molar-refractivity contribution is 5.95. The predicted octanol–water partition coefficient (Wildman–Crippen LogP) is 15.9. The summed E-state index contributed by atoms with van der Waals surface area (Å²) in [6.45, 7) is 4.88. The maximum Gasteiger partial charge on any atom is 0.0468 e. The van der Waals surface area contributed by atoms with Crippen molar-refractivity contribution in [3.63, 3.8) is 0 Å². The minimum Gasteiger partial charge on any atom is -0.310 e. The van der Waals surface area contributed by atoms with Crippen molar-refractivity contribution in [2.24, 2.45) is 11.8 Å². The van der Waals surface area contributed by atoms with Gasteiger partial charge in [-0.15, -0.1) is 0 Å². The molecule has 1 heteroatoms. The third kappa shape index (κ3) is 5.96. The fraction of sp³-hybridized carbons (Fsp3) is 0.286. The minimum atomic E-state index is -0.198. The number of hydrogen-bond donors (Lipinski definition) is 0. The fourth-order valence-electron chi connectivity index (χ4n) is 11.9. The first kappa shape index (κ1) is 34.8. The third-order valence-electron chi connectivity index (χ3n) is 14.7. The molecule has 3 unspecified atom stereocenters. The van der Waals surface area contributed by atoms with Gasteiger partial charge in [-0.25, -0.2) is 0 Å². The highest BCUT2D eigenvalue weighted by Crippen LogP contribution is 2.55.